The summed E-state index contributed by atoms with van der Waals surface area (Å²) in [5, 5.41) is 13.6. The third kappa shape index (κ3) is 3.97. The molecular weight excluding hydrogens is 366 g/mol. The number of amides is 3. The molecule has 1 N–H and O–H groups in total. The normalized spacial score (nSPS) is 19.0. The summed E-state index contributed by atoms with van der Waals surface area (Å²) in [7, 11) is 0. The Hall–Kier alpha value is -2.97. The molecule has 1 aromatic carbocycles. The molecule has 3 amide bonds. The largest absolute Gasteiger partial charge is 0.458 e. The molecule has 9 heteroatoms. The summed E-state index contributed by atoms with van der Waals surface area (Å²) in [5.41, 5.74) is -0.284. The van der Waals surface area contributed by atoms with Gasteiger partial charge in [0.2, 0.25) is 0 Å². The first-order valence-corrected chi connectivity index (χ1v) is 9.40. The number of benzene rings is 1. The van der Waals surface area contributed by atoms with Gasteiger partial charge in [0.25, 0.3) is 11.6 Å². The van der Waals surface area contributed by atoms with Crippen molar-refractivity contribution in [1.82, 2.24) is 10.2 Å². The smallest absolute Gasteiger partial charge is 0.325 e. The molecule has 1 saturated carbocycles. The Labute approximate surface area is 162 Å². The predicted octanol–water partition coefficient (Wildman–Crippen LogP) is 2.84. The van der Waals surface area contributed by atoms with Crippen molar-refractivity contribution in [2.24, 2.45) is 0 Å². The van der Waals surface area contributed by atoms with Crippen LogP contribution in [0.5, 0.6) is 0 Å². The second-order valence-corrected chi connectivity index (χ2v) is 7.26. The number of imide groups is 1. The predicted molar refractivity (Wildman–Crippen MR) is 98.3 cm³/mol. The first-order valence-electron chi connectivity index (χ1n) is 9.40. The number of hydrogen-bond donors (Lipinski definition) is 1. The van der Waals surface area contributed by atoms with E-state index in [1.165, 1.54) is 23.1 Å². The highest BCUT2D eigenvalue weighted by atomic mass is 16.6. The third-order valence-corrected chi connectivity index (χ3v) is 5.32. The monoisotopic (exact) mass is 389 g/mol. The van der Waals surface area contributed by atoms with E-state index in [2.05, 4.69) is 5.32 Å². The number of hydrogen-bond acceptors (Lipinski definition) is 6. The molecule has 150 valence electrons. The molecule has 9 nitrogen and oxygen atoms in total. The van der Waals surface area contributed by atoms with Crippen molar-refractivity contribution in [3.8, 4) is 0 Å². The van der Waals surface area contributed by atoms with E-state index in [-0.39, 0.29) is 24.6 Å². The second kappa shape index (κ2) is 7.95. The summed E-state index contributed by atoms with van der Waals surface area (Å²) in [5.74, 6) is -0.685. The molecule has 1 aliphatic carbocycles. The first kappa shape index (κ1) is 19.8. The summed E-state index contributed by atoms with van der Waals surface area (Å²) in [6.45, 7) is 1.80. The van der Waals surface area contributed by atoms with Gasteiger partial charge in [-0.15, -0.1) is 0 Å². The Morgan fingerprint density at radius 1 is 1.36 bits per heavy atom. The van der Waals surface area contributed by atoms with Gasteiger partial charge in [0, 0.05) is 25.1 Å². The molecule has 0 bridgehead atoms. The van der Waals surface area contributed by atoms with E-state index in [4.69, 9.17) is 4.74 Å². The maximum atomic E-state index is 12.5. The van der Waals surface area contributed by atoms with Gasteiger partial charge in [-0.2, -0.15) is 0 Å². The highest BCUT2D eigenvalue weighted by Crippen LogP contribution is 2.35. The van der Waals surface area contributed by atoms with Crippen molar-refractivity contribution in [2.45, 2.75) is 57.1 Å². The number of urea groups is 1. The van der Waals surface area contributed by atoms with Crippen molar-refractivity contribution in [2.75, 3.05) is 6.54 Å². The Morgan fingerprint density at radius 2 is 2.07 bits per heavy atom. The molecule has 1 heterocycles. The molecule has 3 rings (SSSR count). The van der Waals surface area contributed by atoms with Crippen LogP contribution in [-0.4, -0.2) is 39.8 Å². The molecule has 0 unspecified atom stereocenters. The molecule has 1 aliphatic heterocycles. The fraction of sp³-hybridized carbons (Fsp3) is 0.526. The number of non-ortho nitro benzene ring substituents is 1. The summed E-state index contributed by atoms with van der Waals surface area (Å²) >= 11 is 0. The molecule has 1 saturated heterocycles. The van der Waals surface area contributed by atoms with Crippen LogP contribution in [0, 0.1) is 10.1 Å². The van der Waals surface area contributed by atoms with Gasteiger partial charge >= 0.3 is 12.0 Å². The number of nitrogens with one attached hydrogen (secondary N) is 1. The number of esters is 1. The summed E-state index contributed by atoms with van der Waals surface area (Å²) < 4.78 is 5.32. The van der Waals surface area contributed by atoms with Crippen LogP contribution >= 0.6 is 0 Å². The van der Waals surface area contributed by atoms with Gasteiger partial charge in [-0.25, -0.2) is 4.79 Å². The number of rotatable bonds is 7. The molecule has 2 aliphatic rings. The van der Waals surface area contributed by atoms with Gasteiger partial charge in [-0.3, -0.25) is 24.6 Å². The SMILES string of the molecule is C[C@H](OC(=O)CCCN1C(=O)NC2(CCCC2)C1=O)c1cccc([N+](=O)[O-])c1. The zero-order valence-corrected chi connectivity index (χ0v) is 15.7. The Bertz CT molecular complexity index is 803. The van der Waals surface area contributed by atoms with Crippen LogP contribution in [0.1, 0.15) is 57.1 Å². The van der Waals surface area contributed by atoms with Gasteiger partial charge in [-0.1, -0.05) is 25.0 Å². The minimum Gasteiger partial charge on any atom is -0.458 e. The van der Waals surface area contributed by atoms with Crippen LogP contribution in [0.3, 0.4) is 0 Å². The van der Waals surface area contributed by atoms with Gasteiger partial charge in [0.1, 0.15) is 11.6 Å². The molecule has 2 fully saturated rings. The van der Waals surface area contributed by atoms with Crippen molar-refractivity contribution in [1.29, 1.82) is 0 Å². The average Bonchev–Trinajstić information content (AvgIpc) is 3.22. The number of carbonyl (C=O) groups is 3. The minimum absolute atomic E-state index is 0.0450. The van der Waals surface area contributed by atoms with Crippen LogP contribution in [0.4, 0.5) is 10.5 Å². The number of ether oxygens (including phenoxy) is 1. The minimum atomic E-state index is -0.742. The number of nitrogens with zero attached hydrogens (tertiary/aromatic N) is 2. The second-order valence-electron chi connectivity index (χ2n) is 7.26. The van der Waals surface area contributed by atoms with Crippen LogP contribution in [0.15, 0.2) is 24.3 Å². The number of nitro groups is 1. The Morgan fingerprint density at radius 3 is 2.75 bits per heavy atom. The highest BCUT2D eigenvalue weighted by Gasteiger charge is 2.52. The first-order chi connectivity index (χ1) is 13.3. The lowest BCUT2D eigenvalue weighted by molar-refractivity contribution is -0.385. The Balaban J connectivity index is 1.48. The van der Waals surface area contributed by atoms with Gasteiger partial charge < -0.3 is 10.1 Å². The standard InChI is InChI=1S/C19H23N3O6/c1-13(14-6-4-7-15(12-14)22(26)27)28-16(23)8-5-11-21-17(24)19(20-18(21)25)9-2-3-10-19/h4,6-7,12-13H,2-3,5,8-11H2,1H3,(H,20,25)/t13-/m0/s1. The molecule has 1 atom stereocenters. The topological polar surface area (TPSA) is 119 Å². The lowest BCUT2D eigenvalue weighted by Gasteiger charge is -2.20. The lowest BCUT2D eigenvalue weighted by Crippen LogP contribution is -2.44. The zero-order chi connectivity index (χ0) is 20.3. The maximum absolute atomic E-state index is 12.5. The third-order valence-electron chi connectivity index (χ3n) is 5.32. The number of carbonyl (C=O) groups excluding carboxylic acids is 3. The summed E-state index contributed by atoms with van der Waals surface area (Å²) in [4.78, 5) is 48.2. The van der Waals surface area contributed by atoms with Crippen molar-refractivity contribution < 1.29 is 24.0 Å². The van der Waals surface area contributed by atoms with Crippen molar-refractivity contribution in [3.63, 3.8) is 0 Å². The van der Waals surface area contributed by atoms with E-state index in [1.54, 1.807) is 13.0 Å². The van der Waals surface area contributed by atoms with Crippen LogP contribution in [-0.2, 0) is 14.3 Å². The summed E-state index contributed by atoms with van der Waals surface area (Å²) in [6, 6.07) is 5.53. The quantitative estimate of drug-likeness (QED) is 0.331. The molecule has 28 heavy (non-hydrogen) atoms. The van der Waals surface area contributed by atoms with E-state index < -0.39 is 28.6 Å². The van der Waals surface area contributed by atoms with E-state index in [0.29, 0.717) is 24.8 Å². The Kier molecular flexibility index (Phi) is 5.62. The maximum Gasteiger partial charge on any atom is 0.325 e. The van der Waals surface area contributed by atoms with Crippen molar-refractivity contribution >= 4 is 23.6 Å². The van der Waals surface area contributed by atoms with E-state index in [9.17, 15) is 24.5 Å². The molecule has 1 spiro atoms. The van der Waals surface area contributed by atoms with E-state index in [0.717, 1.165) is 12.8 Å². The van der Waals surface area contributed by atoms with Gasteiger partial charge in [-0.05, 0) is 31.7 Å². The van der Waals surface area contributed by atoms with E-state index in [1.807, 2.05) is 0 Å². The molecule has 0 radical (unpaired) electrons. The molecular formula is C19H23N3O6. The fourth-order valence-electron chi connectivity index (χ4n) is 3.79. The zero-order valence-electron chi connectivity index (χ0n) is 15.7. The van der Waals surface area contributed by atoms with Gasteiger partial charge in [0.15, 0.2) is 0 Å². The van der Waals surface area contributed by atoms with Gasteiger partial charge in [0.05, 0.1) is 4.92 Å². The lowest BCUT2D eigenvalue weighted by atomic mass is 9.98. The van der Waals surface area contributed by atoms with E-state index >= 15 is 0 Å². The van der Waals surface area contributed by atoms with Crippen LogP contribution in [0.2, 0.25) is 0 Å². The van der Waals surface area contributed by atoms with Crippen LogP contribution < -0.4 is 5.32 Å². The molecule has 1 aromatic rings. The highest BCUT2D eigenvalue weighted by molar-refractivity contribution is 6.07. The summed E-state index contributed by atoms with van der Waals surface area (Å²) in [6.07, 6.45) is 2.88. The molecule has 0 aromatic heterocycles. The fourth-order valence-corrected chi connectivity index (χ4v) is 3.79. The number of nitro benzene ring substituents is 1. The van der Waals surface area contributed by atoms with Crippen molar-refractivity contribution in [3.05, 3.63) is 39.9 Å². The average molecular weight is 389 g/mol. The van der Waals surface area contributed by atoms with Crippen LogP contribution in [0.25, 0.3) is 0 Å².